The van der Waals surface area contributed by atoms with Gasteiger partial charge in [0.05, 0.1) is 23.6 Å². The molecular formula is C34H47F2N5O5Si. The quantitative estimate of drug-likeness (QED) is 0.201. The largest absolute Gasteiger partial charge is 0.395 e. The number of alkyl halides is 2. The molecule has 1 fully saturated rings. The summed E-state index contributed by atoms with van der Waals surface area (Å²) in [5, 5.41) is 17.1. The predicted octanol–water partition coefficient (Wildman–Crippen LogP) is 5.22. The Morgan fingerprint density at radius 1 is 1.19 bits per heavy atom. The molecule has 2 aliphatic carbocycles. The molecule has 256 valence electrons. The molecule has 10 nitrogen and oxygen atoms in total. The van der Waals surface area contributed by atoms with Gasteiger partial charge < -0.3 is 24.6 Å². The summed E-state index contributed by atoms with van der Waals surface area (Å²) in [4.78, 5) is 42.2. The van der Waals surface area contributed by atoms with E-state index in [2.05, 4.69) is 30.1 Å². The minimum atomic E-state index is -2.89. The van der Waals surface area contributed by atoms with Crippen LogP contribution in [0.3, 0.4) is 0 Å². The fourth-order valence-corrected chi connectivity index (χ4v) is 7.55. The van der Waals surface area contributed by atoms with E-state index in [9.17, 15) is 28.3 Å². The number of halogens is 2. The zero-order chi connectivity index (χ0) is 34.1. The first-order chi connectivity index (χ1) is 22.2. The van der Waals surface area contributed by atoms with Crippen molar-refractivity contribution in [3.8, 4) is 0 Å². The number of hydrogen-bond donors (Lipinski definition) is 2. The molecule has 13 heteroatoms. The van der Waals surface area contributed by atoms with Gasteiger partial charge in [0.1, 0.15) is 12.2 Å². The van der Waals surface area contributed by atoms with E-state index >= 15 is 0 Å². The summed E-state index contributed by atoms with van der Waals surface area (Å²) < 4.78 is 38.0. The van der Waals surface area contributed by atoms with Crippen molar-refractivity contribution in [2.45, 2.75) is 95.9 Å². The molecule has 5 rings (SSSR count). The Morgan fingerprint density at radius 3 is 2.60 bits per heavy atom. The first-order valence-electron chi connectivity index (χ1n) is 16.6. The highest BCUT2D eigenvalue weighted by Gasteiger charge is 2.40. The molecule has 0 saturated heterocycles. The Kier molecular flexibility index (Phi) is 10.4. The van der Waals surface area contributed by atoms with Gasteiger partial charge in [-0.05, 0) is 56.2 Å². The summed E-state index contributed by atoms with van der Waals surface area (Å²) in [6.07, 6.45) is 5.46. The Hall–Kier alpha value is -3.42. The molecule has 0 aliphatic heterocycles. The SMILES string of the molecule is C[C@H](NC(=O)c1cn(C2CCC(C(=O)N(C)CCO)CC2)c(=O)c2cn(COCC[Si](C)(C)C)nc12)c1cccc2c1CCC2(F)F. The minimum Gasteiger partial charge on any atom is -0.395 e. The van der Waals surface area contributed by atoms with Crippen LogP contribution in [0.1, 0.15) is 78.2 Å². The molecule has 0 unspecified atom stereocenters. The normalized spacial score (nSPS) is 19.8. The van der Waals surface area contributed by atoms with Crippen LogP contribution in [0.4, 0.5) is 8.78 Å². The number of aliphatic hydroxyl groups excluding tert-OH is 1. The molecule has 2 amide bonds. The lowest BCUT2D eigenvalue weighted by atomic mass is 9.85. The highest BCUT2D eigenvalue weighted by Crippen LogP contribution is 2.44. The molecule has 0 spiro atoms. The number of benzene rings is 1. The third kappa shape index (κ3) is 7.67. The van der Waals surface area contributed by atoms with Gasteiger partial charge in [-0.3, -0.25) is 14.4 Å². The second-order valence-corrected chi connectivity index (χ2v) is 19.9. The van der Waals surface area contributed by atoms with Crippen LogP contribution in [0.5, 0.6) is 0 Å². The number of carbonyl (C=O) groups excluding carboxylic acids is 2. The highest BCUT2D eigenvalue weighted by atomic mass is 28.3. The van der Waals surface area contributed by atoms with E-state index in [1.807, 2.05) is 0 Å². The molecule has 0 radical (unpaired) electrons. The summed E-state index contributed by atoms with van der Waals surface area (Å²) in [7, 11) is 0.372. The third-order valence-electron chi connectivity index (χ3n) is 9.57. The van der Waals surface area contributed by atoms with Crippen LogP contribution in [-0.4, -0.2) is 71.0 Å². The van der Waals surface area contributed by atoms with E-state index in [0.29, 0.717) is 48.8 Å². The summed E-state index contributed by atoms with van der Waals surface area (Å²) in [6.45, 7) is 9.43. The first kappa shape index (κ1) is 34.9. The number of fused-ring (bicyclic) bond motifs is 2. The molecule has 47 heavy (non-hydrogen) atoms. The number of aromatic nitrogens is 3. The van der Waals surface area contributed by atoms with Crippen molar-refractivity contribution in [1.29, 1.82) is 0 Å². The molecular weight excluding hydrogens is 624 g/mol. The van der Waals surface area contributed by atoms with E-state index in [4.69, 9.17) is 4.74 Å². The number of nitrogens with one attached hydrogen (secondary N) is 1. The van der Waals surface area contributed by atoms with Crippen molar-refractivity contribution in [2.75, 3.05) is 26.8 Å². The highest BCUT2D eigenvalue weighted by molar-refractivity contribution is 6.76. The summed E-state index contributed by atoms with van der Waals surface area (Å²) in [5.74, 6) is -3.56. The number of hydrogen-bond acceptors (Lipinski definition) is 6. The van der Waals surface area contributed by atoms with Crippen LogP contribution in [0, 0.1) is 5.92 Å². The zero-order valence-corrected chi connectivity index (χ0v) is 29.0. The molecule has 0 bridgehead atoms. The number of likely N-dealkylation sites (N-methyl/N-ethyl adjacent to an activating group) is 1. The average Bonchev–Trinajstić information content (AvgIpc) is 3.59. The van der Waals surface area contributed by atoms with E-state index in [1.165, 1.54) is 11.0 Å². The predicted molar refractivity (Wildman–Crippen MR) is 178 cm³/mol. The molecule has 2 N–H and O–H groups in total. The molecule has 2 aliphatic rings. The summed E-state index contributed by atoms with van der Waals surface area (Å²) in [6, 6.07) is 5.01. The zero-order valence-electron chi connectivity index (χ0n) is 28.0. The molecule has 1 atom stereocenters. The fraction of sp³-hybridized carbons (Fsp3) is 0.588. The van der Waals surface area contributed by atoms with Crippen LogP contribution in [0.25, 0.3) is 10.9 Å². The van der Waals surface area contributed by atoms with Crippen molar-refractivity contribution in [1.82, 2.24) is 24.6 Å². The Morgan fingerprint density at radius 2 is 1.91 bits per heavy atom. The average molecular weight is 672 g/mol. The third-order valence-corrected chi connectivity index (χ3v) is 11.3. The van der Waals surface area contributed by atoms with Gasteiger partial charge in [0.2, 0.25) is 5.91 Å². The van der Waals surface area contributed by atoms with Gasteiger partial charge in [-0.1, -0.05) is 37.8 Å². The number of nitrogens with zero attached hydrogens (tertiary/aromatic N) is 4. The van der Waals surface area contributed by atoms with E-state index in [1.54, 1.807) is 47.7 Å². The second kappa shape index (κ2) is 14.0. The van der Waals surface area contributed by atoms with Crippen molar-refractivity contribution in [3.05, 3.63) is 63.2 Å². The Balaban J connectivity index is 1.43. The maximum Gasteiger partial charge on any atom is 0.273 e. The molecule has 1 aromatic carbocycles. The van der Waals surface area contributed by atoms with Crippen molar-refractivity contribution in [3.63, 3.8) is 0 Å². The van der Waals surface area contributed by atoms with E-state index < -0.39 is 25.9 Å². The Labute approximate surface area is 275 Å². The van der Waals surface area contributed by atoms with E-state index in [0.717, 1.165) is 6.04 Å². The number of aliphatic hydroxyl groups is 1. The number of rotatable bonds is 12. The molecule has 1 saturated carbocycles. The van der Waals surface area contributed by atoms with Gasteiger partial charge in [0.15, 0.2) is 0 Å². The van der Waals surface area contributed by atoms with Crippen molar-refractivity contribution in [2.24, 2.45) is 5.92 Å². The van der Waals surface area contributed by atoms with Gasteiger partial charge >= 0.3 is 0 Å². The number of amides is 2. The second-order valence-electron chi connectivity index (χ2n) is 14.3. The summed E-state index contributed by atoms with van der Waals surface area (Å²) in [5.41, 5.74) is 1.42. The lowest BCUT2D eigenvalue weighted by Gasteiger charge is -2.31. The van der Waals surface area contributed by atoms with Crippen LogP contribution in [0.15, 0.2) is 35.4 Å². The fourth-order valence-electron chi connectivity index (χ4n) is 6.79. The molecule has 2 aromatic heterocycles. The van der Waals surface area contributed by atoms with Gasteiger partial charge in [-0.25, -0.2) is 13.5 Å². The van der Waals surface area contributed by atoms with Crippen LogP contribution in [-0.2, 0) is 28.6 Å². The first-order valence-corrected chi connectivity index (χ1v) is 20.3. The van der Waals surface area contributed by atoms with Gasteiger partial charge in [-0.15, -0.1) is 0 Å². The maximum atomic E-state index is 14.5. The molecule has 3 aromatic rings. The lowest BCUT2D eigenvalue weighted by Crippen LogP contribution is -2.38. The minimum absolute atomic E-state index is 0.0107. The number of pyridine rings is 1. The van der Waals surface area contributed by atoms with Gasteiger partial charge in [0.25, 0.3) is 17.4 Å². The van der Waals surface area contributed by atoms with E-state index in [-0.39, 0.29) is 72.8 Å². The van der Waals surface area contributed by atoms with Crippen LogP contribution < -0.4 is 10.9 Å². The van der Waals surface area contributed by atoms with Crippen molar-refractivity contribution >= 4 is 30.8 Å². The monoisotopic (exact) mass is 671 g/mol. The van der Waals surface area contributed by atoms with Crippen molar-refractivity contribution < 1.29 is 28.2 Å². The Bertz CT molecular complexity index is 1680. The number of carbonyl (C=O) groups is 2. The van der Waals surface area contributed by atoms with Crippen LogP contribution in [0.2, 0.25) is 25.7 Å². The van der Waals surface area contributed by atoms with Gasteiger partial charge in [0, 0.05) is 64.6 Å². The standard InChI is InChI=1S/C34H47F2N5O5Si/c1-22(25-7-6-8-29-26(25)13-14-34(29,35)36)37-31(43)27-20-41(24-11-9-23(10-12-24)32(44)39(2)15-16-42)33(45)28-19-40(38-30(27)28)21-46-17-18-47(3,4)5/h6-8,19-20,22-24,42H,9-18,21H2,1-5H3,(H,37,43)/t22-,23?,24?/m0/s1. The molecule has 2 heterocycles. The lowest BCUT2D eigenvalue weighted by molar-refractivity contribution is -0.135. The van der Waals surface area contributed by atoms with Gasteiger partial charge in [-0.2, -0.15) is 5.10 Å². The summed E-state index contributed by atoms with van der Waals surface area (Å²) >= 11 is 0. The maximum absolute atomic E-state index is 14.5. The smallest absolute Gasteiger partial charge is 0.273 e. The topological polar surface area (TPSA) is 119 Å². The van der Waals surface area contributed by atoms with Crippen LogP contribution >= 0.6 is 0 Å². The number of ether oxygens (including phenoxy) is 1.